The molecule has 2 N–H and O–H groups in total. The molecule has 1 aromatic heterocycles. The lowest BCUT2D eigenvalue weighted by Gasteiger charge is -2.11. The molecular weight excluding hydrogens is 415 g/mol. The Morgan fingerprint density at radius 2 is 1.76 bits per heavy atom. The molecule has 0 bridgehead atoms. The summed E-state index contributed by atoms with van der Waals surface area (Å²) in [6, 6.07) is 11.6. The van der Waals surface area contributed by atoms with Crippen LogP contribution in [0.15, 0.2) is 47.3 Å². The lowest BCUT2D eigenvalue weighted by atomic mass is 10.1. The molecule has 0 aliphatic carbocycles. The first-order chi connectivity index (χ1) is 13.9. The van der Waals surface area contributed by atoms with Crippen LogP contribution in [0.2, 0.25) is 10.0 Å². The normalized spacial score (nSPS) is 10.7. The van der Waals surface area contributed by atoms with Gasteiger partial charge in [-0.1, -0.05) is 54.4 Å². The van der Waals surface area contributed by atoms with Crippen molar-refractivity contribution >= 4 is 45.8 Å². The highest BCUT2D eigenvalue weighted by atomic mass is 35.5. The van der Waals surface area contributed by atoms with Crippen LogP contribution in [0.4, 0.5) is 0 Å². The Kier molecular flexibility index (Phi) is 6.51. The second kappa shape index (κ2) is 9.07. The Labute approximate surface area is 176 Å². The van der Waals surface area contributed by atoms with Gasteiger partial charge in [0.05, 0.1) is 21.9 Å². The zero-order chi connectivity index (χ0) is 21.0. The number of rotatable bonds is 5. The first-order valence-corrected chi connectivity index (χ1v) is 9.69. The van der Waals surface area contributed by atoms with Crippen molar-refractivity contribution in [1.82, 2.24) is 20.6 Å². The van der Waals surface area contributed by atoms with E-state index >= 15 is 0 Å². The molecule has 2 aromatic carbocycles. The van der Waals surface area contributed by atoms with Crippen molar-refractivity contribution in [2.75, 3.05) is 0 Å². The minimum absolute atomic E-state index is 0.000672. The summed E-state index contributed by atoms with van der Waals surface area (Å²) in [5, 5.41) is 5.73. The minimum Gasteiger partial charge on any atom is -0.273 e. The van der Waals surface area contributed by atoms with Gasteiger partial charge in [0.25, 0.3) is 11.5 Å². The molecule has 7 nitrogen and oxygen atoms in total. The number of benzene rings is 2. The third kappa shape index (κ3) is 4.75. The number of aromatic nitrogens is 2. The molecule has 0 aliphatic rings. The zero-order valence-corrected chi connectivity index (χ0v) is 17.0. The molecule has 0 atom stereocenters. The van der Waals surface area contributed by atoms with Crippen molar-refractivity contribution in [3.63, 3.8) is 0 Å². The second-order valence-corrected chi connectivity index (χ2v) is 7.16. The number of hydrazine groups is 1. The molecule has 29 heavy (non-hydrogen) atoms. The van der Waals surface area contributed by atoms with Crippen molar-refractivity contribution in [2.45, 2.75) is 26.3 Å². The lowest BCUT2D eigenvalue weighted by Crippen LogP contribution is -2.43. The second-order valence-electron chi connectivity index (χ2n) is 6.35. The fourth-order valence-corrected chi connectivity index (χ4v) is 3.15. The van der Waals surface area contributed by atoms with Crippen LogP contribution in [0.1, 0.15) is 29.4 Å². The molecule has 3 aromatic rings. The van der Waals surface area contributed by atoms with Gasteiger partial charge in [-0.25, -0.2) is 4.68 Å². The molecular formula is C20H18Cl2N4O3. The van der Waals surface area contributed by atoms with Crippen molar-refractivity contribution < 1.29 is 9.59 Å². The third-order valence-corrected chi connectivity index (χ3v) is 4.92. The first-order valence-electron chi connectivity index (χ1n) is 8.93. The number of fused-ring (bicyclic) bond motifs is 1. The average molecular weight is 433 g/mol. The van der Waals surface area contributed by atoms with Gasteiger partial charge in [-0.15, -0.1) is 0 Å². The van der Waals surface area contributed by atoms with Crippen LogP contribution in [0.5, 0.6) is 0 Å². The molecule has 0 unspecified atom stereocenters. The van der Waals surface area contributed by atoms with E-state index in [9.17, 15) is 14.4 Å². The molecule has 0 saturated heterocycles. The molecule has 3 rings (SSSR count). The molecule has 0 aliphatic heterocycles. The van der Waals surface area contributed by atoms with Gasteiger partial charge in [-0.3, -0.25) is 25.2 Å². The summed E-state index contributed by atoms with van der Waals surface area (Å²) in [5.41, 5.74) is 5.14. The first kappa shape index (κ1) is 20.8. The highest BCUT2D eigenvalue weighted by Crippen LogP contribution is 2.22. The fraction of sp³-hybridized carbons (Fsp3) is 0.200. The van der Waals surface area contributed by atoms with Crippen LogP contribution in [-0.4, -0.2) is 21.6 Å². The van der Waals surface area contributed by atoms with Crippen molar-refractivity contribution in [2.24, 2.45) is 0 Å². The molecule has 0 radical (unpaired) electrons. The largest absolute Gasteiger partial charge is 0.290 e. The van der Waals surface area contributed by atoms with Crippen LogP contribution in [-0.2, 0) is 17.8 Å². The Morgan fingerprint density at radius 3 is 2.45 bits per heavy atom. The summed E-state index contributed by atoms with van der Waals surface area (Å²) in [6.07, 6.45) is 0.688. The summed E-state index contributed by atoms with van der Waals surface area (Å²) in [4.78, 5) is 37.3. The third-order valence-electron chi connectivity index (χ3n) is 4.18. The molecule has 1 heterocycles. The highest BCUT2D eigenvalue weighted by Gasteiger charge is 2.17. The Bertz CT molecular complexity index is 1140. The van der Waals surface area contributed by atoms with Gasteiger partial charge in [-0.05, 0) is 30.2 Å². The van der Waals surface area contributed by atoms with Crippen molar-refractivity contribution in [3.8, 4) is 0 Å². The smallest absolute Gasteiger partial charge is 0.273 e. The Morgan fingerprint density at radius 1 is 1.03 bits per heavy atom. The predicted molar refractivity (Wildman–Crippen MR) is 112 cm³/mol. The topological polar surface area (TPSA) is 93.1 Å². The SMILES string of the molecule is CCCn1nc(C(=O)NNC(=O)Cc2ccc(Cl)c(Cl)c2)c2ccccc2c1=O. The van der Waals surface area contributed by atoms with Crippen LogP contribution in [0, 0.1) is 0 Å². The van der Waals surface area contributed by atoms with Gasteiger partial charge in [-0.2, -0.15) is 5.10 Å². The van der Waals surface area contributed by atoms with Crippen LogP contribution < -0.4 is 16.4 Å². The number of carbonyl (C=O) groups is 2. The maximum atomic E-state index is 12.6. The van der Waals surface area contributed by atoms with Crippen molar-refractivity contribution in [3.05, 3.63) is 74.1 Å². The maximum absolute atomic E-state index is 12.6. The summed E-state index contributed by atoms with van der Waals surface area (Å²) in [5.74, 6) is -1.06. The van der Waals surface area contributed by atoms with E-state index in [2.05, 4.69) is 16.0 Å². The average Bonchev–Trinajstić information content (AvgIpc) is 2.71. The molecule has 0 saturated carbocycles. The van der Waals surface area contributed by atoms with E-state index < -0.39 is 11.8 Å². The maximum Gasteiger partial charge on any atom is 0.290 e. The molecule has 0 spiro atoms. The zero-order valence-electron chi connectivity index (χ0n) is 15.5. The summed E-state index contributed by atoms with van der Waals surface area (Å²) < 4.78 is 1.26. The number of halogens is 2. The van der Waals surface area contributed by atoms with Gasteiger partial charge < -0.3 is 0 Å². The Balaban J connectivity index is 1.77. The van der Waals surface area contributed by atoms with Crippen LogP contribution >= 0.6 is 23.2 Å². The van der Waals surface area contributed by atoms with Crippen molar-refractivity contribution in [1.29, 1.82) is 0 Å². The van der Waals surface area contributed by atoms with Gasteiger partial charge in [0.2, 0.25) is 5.91 Å². The summed E-state index contributed by atoms with van der Waals surface area (Å²) >= 11 is 11.8. The minimum atomic E-state index is -0.617. The molecule has 9 heteroatoms. The monoisotopic (exact) mass is 432 g/mol. The van der Waals surface area contributed by atoms with E-state index in [-0.39, 0.29) is 17.7 Å². The number of hydrogen-bond acceptors (Lipinski definition) is 4. The number of nitrogens with zero attached hydrogens (tertiary/aromatic N) is 2. The van der Waals surface area contributed by atoms with E-state index in [1.165, 1.54) is 4.68 Å². The highest BCUT2D eigenvalue weighted by molar-refractivity contribution is 6.42. The van der Waals surface area contributed by atoms with E-state index in [0.29, 0.717) is 39.3 Å². The fourth-order valence-electron chi connectivity index (χ4n) is 2.83. The van der Waals surface area contributed by atoms with Gasteiger partial charge >= 0.3 is 0 Å². The van der Waals surface area contributed by atoms with Gasteiger partial charge in [0.1, 0.15) is 0 Å². The number of hydrogen-bond donors (Lipinski definition) is 2. The predicted octanol–water partition coefficient (Wildman–Crippen LogP) is 3.12. The van der Waals surface area contributed by atoms with Gasteiger partial charge in [0.15, 0.2) is 5.69 Å². The number of amides is 2. The molecule has 150 valence electrons. The molecule has 2 amide bonds. The van der Waals surface area contributed by atoms with Gasteiger partial charge in [0, 0.05) is 11.9 Å². The number of nitrogens with one attached hydrogen (secondary N) is 2. The van der Waals surface area contributed by atoms with E-state index in [1.807, 2.05) is 6.92 Å². The number of carbonyl (C=O) groups excluding carboxylic acids is 2. The van der Waals surface area contributed by atoms with E-state index in [1.54, 1.807) is 42.5 Å². The quantitative estimate of drug-likeness (QED) is 0.605. The molecule has 0 fully saturated rings. The van der Waals surface area contributed by atoms with E-state index in [0.717, 1.165) is 0 Å². The number of aryl methyl sites for hydroxylation is 1. The van der Waals surface area contributed by atoms with E-state index in [4.69, 9.17) is 23.2 Å². The van der Waals surface area contributed by atoms with Crippen LogP contribution in [0.25, 0.3) is 10.8 Å². The lowest BCUT2D eigenvalue weighted by molar-refractivity contribution is -0.121. The Hall–Kier alpha value is -2.90. The summed E-state index contributed by atoms with van der Waals surface area (Å²) in [6.45, 7) is 2.29. The van der Waals surface area contributed by atoms with Crippen LogP contribution in [0.3, 0.4) is 0 Å². The summed E-state index contributed by atoms with van der Waals surface area (Å²) in [7, 11) is 0. The standard InChI is InChI=1S/C20H18Cl2N4O3/c1-2-9-26-20(29)14-6-4-3-5-13(14)18(25-26)19(28)24-23-17(27)11-12-7-8-15(21)16(22)10-12/h3-8,10H,2,9,11H2,1H3,(H,23,27)(H,24,28).